The summed E-state index contributed by atoms with van der Waals surface area (Å²) >= 11 is 0. The fourth-order valence-corrected chi connectivity index (χ4v) is 6.07. The monoisotopic (exact) mass is 758 g/mol. The van der Waals surface area contributed by atoms with Crippen LogP contribution in [0.1, 0.15) is 12.8 Å². The Morgan fingerprint density at radius 3 is 1.66 bits per heavy atom. The maximum absolute atomic E-state index is 11.8. The number of imide groups is 2. The lowest BCUT2D eigenvalue weighted by molar-refractivity contribution is -0.150. The predicted molar refractivity (Wildman–Crippen MR) is 169 cm³/mol. The molecule has 53 heavy (non-hydrogen) atoms. The summed E-state index contributed by atoms with van der Waals surface area (Å²) in [5.74, 6) is -3.26. The number of aliphatic hydroxyl groups is 8. The van der Waals surface area contributed by atoms with Crippen molar-refractivity contribution >= 4 is 35.3 Å². The number of hydrogen-bond donors (Lipinski definition) is 11. The van der Waals surface area contributed by atoms with E-state index in [-0.39, 0.29) is 36.5 Å². The highest BCUT2D eigenvalue weighted by atomic mass is 16.6. The SMILES string of the molecule is COC1[C@@H](O)[C@@H](CO)O[C@H]1C1=CCC(=O)NC1=O.NC1C(=O)C=CN([C@@H]2O[C@H](CO)[C@H](O)C2O)C1=O.O=C1CC=C([C@@H]2O[C@H](CO)[C@H](O)C2O)C(=O)N1. The van der Waals surface area contributed by atoms with Gasteiger partial charge in [0.15, 0.2) is 12.0 Å². The van der Waals surface area contributed by atoms with Crippen LogP contribution in [0.3, 0.4) is 0 Å². The molecule has 6 aliphatic heterocycles. The van der Waals surface area contributed by atoms with Crippen LogP contribution in [0.4, 0.5) is 0 Å². The number of amides is 5. The van der Waals surface area contributed by atoms with Crippen LogP contribution in [0, 0.1) is 0 Å². The molecule has 3 saturated heterocycles. The summed E-state index contributed by atoms with van der Waals surface area (Å²) in [7, 11) is 1.39. The summed E-state index contributed by atoms with van der Waals surface area (Å²) in [6, 6.07) is -1.34. The van der Waals surface area contributed by atoms with Crippen LogP contribution in [0.25, 0.3) is 0 Å². The molecule has 5 amide bonds. The first kappa shape index (κ1) is 41.9. The Morgan fingerprint density at radius 2 is 1.19 bits per heavy atom. The number of methoxy groups -OCH3 is 1. The highest BCUT2D eigenvalue weighted by Crippen LogP contribution is 2.30. The zero-order valence-electron chi connectivity index (χ0n) is 28.0. The van der Waals surface area contributed by atoms with E-state index >= 15 is 0 Å². The molecule has 0 radical (unpaired) electrons. The Morgan fingerprint density at radius 1 is 0.717 bits per heavy atom. The molecular formula is C31H42N4O18. The van der Waals surface area contributed by atoms with Crippen molar-refractivity contribution in [3.63, 3.8) is 0 Å². The van der Waals surface area contributed by atoms with Gasteiger partial charge < -0.3 is 65.5 Å². The van der Waals surface area contributed by atoms with Crippen molar-refractivity contribution in [1.82, 2.24) is 15.5 Å². The molecule has 12 N–H and O–H groups in total. The van der Waals surface area contributed by atoms with Gasteiger partial charge in [0.05, 0.1) is 19.8 Å². The normalized spacial score (nSPS) is 38.4. The first-order valence-corrected chi connectivity index (χ1v) is 16.2. The van der Waals surface area contributed by atoms with Gasteiger partial charge >= 0.3 is 0 Å². The number of ketones is 1. The molecule has 0 spiro atoms. The first-order valence-electron chi connectivity index (χ1n) is 16.2. The summed E-state index contributed by atoms with van der Waals surface area (Å²) in [6.07, 6.45) is -7.51. The summed E-state index contributed by atoms with van der Waals surface area (Å²) in [4.78, 5) is 69.0. The van der Waals surface area contributed by atoms with Crippen molar-refractivity contribution in [2.45, 2.75) is 92.3 Å². The standard InChI is InChI=1S/C11H15NO6.C10H14N2O6.C10H13NO6/c1-17-10-8(15)6(4-13)18-9(10)5-2-3-7(14)12-11(5)16;11-6-4(14)1-2-12(9(6)17)10-8(16)7(15)5(3-13)18-10;12-3-5-7(14)8(15)9(17-5)4-1-2-6(13)11-10(4)16/h2,6,8-10,13,15H,3-4H2,1H3,(H,12,14,16);1-2,5-8,10,13,15-16H,3,11H2;1,5,7-9,12,14-15H,2-3H2,(H,11,13,16)/t6-,8+,9+,10?;5-,6?,7+,8?,10-;5-,7+,8?,9+/m111/s1. The van der Waals surface area contributed by atoms with Gasteiger partial charge in [-0.1, -0.05) is 12.2 Å². The number of carbonyl (C=O) groups excluding carboxylic acids is 6. The molecular weight excluding hydrogens is 716 g/mol. The van der Waals surface area contributed by atoms with Crippen molar-refractivity contribution in [3.05, 3.63) is 35.6 Å². The van der Waals surface area contributed by atoms with Crippen LogP contribution < -0.4 is 16.4 Å². The van der Waals surface area contributed by atoms with Crippen molar-refractivity contribution in [2.24, 2.45) is 5.73 Å². The van der Waals surface area contributed by atoms with E-state index in [1.807, 2.05) is 0 Å². The van der Waals surface area contributed by atoms with Crippen LogP contribution in [-0.2, 0) is 47.7 Å². The van der Waals surface area contributed by atoms with Gasteiger partial charge in [-0.2, -0.15) is 0 Å². The Bertz CT molecular complexity index is 1520. The van der Waals surface area contributed by atoms with E-state index in [0.717, 1.165) is 17.2 Å². The van der Waals surface area contributed by atoms with Crippen LogP contribution >= 0.6 is 0 Å². The fraction of sp³-hybridized carbons (Fsp3) is 0.613. The van der Waals surface area contributed by atoms with Gasteiger partial charge in [0, 0.05) is 37.3 Å². The van der Waals surface area contributed by atoms with E-state index in [9.17, 15) is 54.3 Å². The second kappa shape index (κ2) is 18.0. The number of aliphatic hydroxyl groups excluding tert-OH is 8. The zero-order chi connectivity index (χ0) is 39.3. The Kier molecular flexibility index (Phi) is 14.2. The van der Waals surface area contributed by atoms with Crippen molar-refractivity contribution in [1.29, 1.82) is 0 Å². The molecule has 0 aromatic heterocycles. The second-order valence-corrected chi connectivity index (χ2v) is 12.4. The minimum atomic E-state index is -1.38. The maximum atomic E-state index is 11.8. The van der Waals surface area contributed by atoms with Gasteiger partial charge in [-0.05, 0) is 6.08 Å². The number of ether oxygens (including phenoxy) is 4. The maximum Gasteiger partial charge on any atom is 0.256 e. The molecule has 4 unspecified atom stereocenters. The molecule has 0 aliphatic carbocycles. The number of nitrogens with two attached hydrogens (primary N) is 1. The number of rotatable bonds is 7. The Hall–Kier alpha value is -3.88. The van der Waals surface area contributed by atoms with E-state index < -0.39 is 122 Å². The van der Waals surface area contributed by atoms with Crippen LogP contribution in [0.15, 0.2) is 35.6 Å². The minimum Gasteiger partial charge on any atom is -0.394 e. The largest absolute Gasteiger partial charge is 0.394 e. The molecule has 294 valence electrons. The van der Waals surface area contributed by atoms with Gasteiger partial charge in [0.1, 0.15) is 73.2 Å². The summed E-state index contributed by atoms with van der Waals surface area (Å²) in [6.45, 7) is -1.32. The molecule has 22 heteroatoms. The molecule has 0 aromatic rings. The zero-order valence-corrected chi connectivity index (χ0v) is 28.0. The average molecular weight is 759 g/mol. The average Bonchev–Trinajstić information content (AvgIpc) is 3.72. The molecule has 3 fully saturated rings. The van der Waals surface area contributed by atoms with Gasteiger partial charge in [0.25, 0.3) is 17.7 Å². The third-order valence-electron chi connectivity index (χ3n) is 9.01. The third kappa shape index (κ3) is 8.92. The molecule has 0 bridgehead atoms. The molecule has 6 heterocycles. The van der Waals surface area contributed by atoms with Crippen molar-refractivity contribution in [3.8, 4) is 0 Å². The molecule has 6 aliphatic rings. The molecule has 6 rings (SSSR count). The molecule has 22 nitrogen and oxygen atoms in total. The first-order chi connectivity index (χ1) is 25.1. The van der Waals surface area contributed by atoms with Crippen LogP contribution in [0.5, 0.6) is 0 Å². The lowest BCUT2D eigenvalue weighted by Gasteiger charge is -2.31. The van der Waals surface area contributed by atoms with Crippen LogP contribution in [-0.4, -0.2) is 187 Å². The Balaban J connectivity index is 0.000000178. The topological polar surface area (TPSA) is 354 Å². The predicted octanol–water partition coefficient (Wildman–Crippen LogP) is -7.79. The van der Waals surface area contributed by atoms with Gasteiger partial charge in [0.2, 0.25) is 11.8 Å². The lowest BCUT2D eigenvalue weighted by Crippen LogP contribution is -2.54. The highest BCUT2D eigenvalue weighted by Gasteiger charge is 2.49. The van der Waals surface area contributed by atoms with E-state index in [1.165, 1.54) is 19.3 Å². The summed E-state index contributed by atoms with van der Waals surface area (Å²) in [5.41, 5.74) is 5.74. The fourth-order valence-electron chi connectivity index (χ4n) is 6.07. The number of nitrogens with one attached hydrogen (secondary N) is 2. The van der Waals surface area contributed by atoms with E-state index in [1.54, 1.807) is 0 Å². The lowest BCUT2D eigenvalue weighted by atomic mass is 9.98. The summed E-state index contributed by atoms with van der Waals surface area (Å²) in [5, 5.41) is 79.6. The van der Waals surface area contributed by atoms with Gasteiger partial charge in [-0.15, -0.1) is 0 Å². The Labute approximate surface area is 300 Å². The van der Waals surface area contributed by atoms with Crippen molar-refractivity contribution < 1.29 is 88.6 Å². The number of hydrogen-bond acceptors (Lipinski definition) is 19. The van der Waals surface area contributed by atoms with Gasteiger partial charge in [-0.25, -0.2) is 0 Å². The third-order valence-corrected chi connectivity index (χ3v) is 9.01. The van der Waals surface area contributed by atoms with E-state index in [2.05, 4.69) is 10.6 Å². The quantitative estimate of drug-likeness (QED) is 0.0848. The second-order valence-electron chi connectivity index (χ2n) is 12.4. The highest BCUT2D eigenvalue weighted by molar-refractivity contribution is 6.12. The van der Waals surface area contributed by atoms with E-state index in [0.29, 0.717) is 0 Å². The van der Waals surface area contributed by atoms with Crippen molar-refractivity contribution in [2.75, 3.05) is 26.9 Å². The van der Waals surface area contributed by atoms with Gasteiger partial charge in [-0.3, -0.25) is 44.3 Å². The molecule has 0 aromatic carbocycles. The molecule has 13 atom stereocenters. The number of nitrogens with zero attached hydrogens (tertiary/aromatic N) is 1. The smallest absolute Gasteiger partial charge is 0.256 e. The van der Waals surface area contributed by atoms with E-state index in [4.69, 9.17) is 40.0 Å². The number of carbonyl (C=O) groups is 6. The molecule has 0 saturated carbocycles. The minimum absolute atomic E-state index is 0.0214. The van der Waals surface area contributed by atoms with Crippen LogP contribution in [0.2, 0.25) is 0 Å². The summed E-state index contributed by atoms with van der Waals surface area (Å²) < 4.78 is 20.9.